The van der Waals surface area contributed by atoms with Crippen LogP contribution in [0.2, 0.25) is 0 Å². The molecule has 1 N–H and O–H groups in total. The van der Waals surface area contributed by atoms with E-state index in [1.165, 1.54) is 31.9 Å². The lowest BCUT2D eigenvalue weighted by atomic mass is 9.84. The van der Waals surface area contributed by atoms with Crippen LogP contribution in [0.3, 0.4) is 0 Å². The lowest BCUT2D eigenvalue weighted by molar-refractivity contribution is -0.294. The van der Waals surface area contributed by atoms with E-state index in [4.69, 9.17) is 4.42 Å². The smallest absolute Gasteiger partial charge is 0.440 e. The van der Waals surface area contributed by atoms with Gasteiger partial charge in [-0.25, -0.2) is 9.97 Å². The molecule has 1 aliphatic heterocycles. The lowest BCUT2D eigenvalue weighted by Crippen LogP contribution is -2.70. The molecule has 3 aliphatic carbocycles. The molecule has 1 amide bonds. The number of rotatable bonds is 6. The van der Waals surface area contributed by atoms with E-state index in [1.54, 1.807) is 5.38 Å². The fourth-order valence-electron chi connectivity index (χ4n) is 6.49. The van der Waals surface area contributed by atoms with Crippen LogP contribution in [0.5, 0.6) is 5.75 Å². The SMILES string of the molecule is O=C(c1cc(-c2nccs2)c2oc(CCC3CC4CCC(CC4)C3)nc2c1OC(F)(F)F)N1CC(O)(C(F)(F)F)C1. The zero-order valence-electron chi connectivity index (χ0n) is 21.7. The van der Waals surface area contributed by atoms with Crippen molar-refractivity contribution in [1.82, 2.24) is 14.9 Å². The Kier molecular flexibility index (Phi) is 6.99. The number of oxazole rings is 1. The molecule has 3 aromatic rings. The number of ether oxygens (including phenoxy) is 1. The molecule has 0 unspecified atom stereocenters. The summed E-state index contributed by atoms with van der Waals surface area (Å²) in [6.07, 6.45) is -0.544. The Morgan fingerprint density at radius 3 is 2.34 bits per heavy atom. The van der Waals surface area contributed by atoms with E-state index >= 15 is 0 Å². The summed E-state index contributed by atoms with van der Waals surface area (Å²) in [6.45, 7) is -2.25. The number of thiazole rings is 1. The van der Waals surface area contributed by atoms with Crippen LogP contribution in [0, 0.1) is 17.8 Å². The normalized spacial score (nSPS) is 24.4. The third-order valence-corrected chi connectivity index (χ3v) is 9.37. The van der Waals surface area contributed by atoms with Crippen LogP contribution in [0.1, 0.15) is 61.2 Å². The first kappa shape index (κ1) is 28.3. The summed E-state index contributed by atoms with van der Waals surface area (Å²) in [5.74, 6) is -0.114. The van der Waals surface area contributed by atoms with Crippen molar-refractivity contribution in [3.8, 4) is 16.3 Å². The van der Waals surface area contributed by atoms with Gasteiger partial charge in [0, 0.05) is 18.0 Å². The van der Waals surface area contributed by atoms with E-state index in [-0.39, 0.29) is 22.6 Å². The fourth-order valence-corrected chi connectivity index (χ4v) is 7.14. The zero-order chi connectivity index (χ0) is 29.2. The highest BCUT2D eigenvalue weighted by molar-refractivity contribution is 7.13. The van der Waals surface area contributed by atoms with E-state index in [0.29, 0.717) is 34.1 Å². The second kappa shape index (κ2) is 10.1. The monoisotopic (exact) mass is 603 g/mol. The number of aromatic nitrogens is 2. The second-order valence-electron chi connectivity index (χ2n) is 11.4. The number of carbonyl (C=O) groups is 1. The van der Waals surface area contributed by atoms with Crippen molar-refractivity contribution in [3.05, 3.63) is 29.1 Å². The average Bonchev–Trinajstić information content (AvgIpc) is 3.47. The summed E-state index contributed by atoms with van der Waals surface area (Å²) in [5, 5.41) is 11.7. The Morgan fingerprint density at radius 2 is 1.78 bits per heavy atom. The molecule has 4 fully saturated rings. The topological polar surface area (TPSA) is 88.7 Å². The number of aryl methyl sites for hydroxylation is 1. The first-order valence-electron chi connectivity index (χ1n) is 13.5. The third kappa shape index (κ3) is 5.52. The van der Waals surface area contributed by atoms with Crippen LogP contribution in [-0.4, -0.2) is 57.1 Å². The second-order valence-corrected chi connectivity index (χ2v) is 12.3. The molecule has 7 nitrogen and oxygen atoms in total. The number of alkyl halides is 6. The number of likely N-dealkylation sites (tertiary alicyclic amines) is 1. The number of aliphatic hydroxyl groups is 1. The molecule has 0 atom stereocenters. The predicted molar refractivity (Wildman–Crippen MR) is 135 cm³/mol. The van der Waals surface area contributed by atoms with Crippen molar-refractivity contribution in [2.24, 2.45) is 17.8 Å². The average molecular weight is 604 g/mol. The number of hydrogen-bond acceptors (Lipinski definition) is 7. The van der Waals surface area contributed by atoms with Gasteiger partial charge in [-0.15, -0.1) is 24.5 Å². The fraction of sp³-hybridized carbons (Fsp3) is 0.593. The minimum Gasteiger partial charge on any atom is -0.440 e. The predicted octanol–water partition coefficient (Wildman–Crippen LogP) is 6.75. The van der Waals surface area contributed by atoms with Crippen molar-refractivity contribution in [2.45, 2.75) is 69.5 Å². The molecule has 2 aromatic heterocycles. The van der Waals surface area contributed by atoms with Crippen LogP contribution < -0.4 is 4.74 Å². The molecule has 1 aromatic carbocycles. The van der Waals surface area contributed by atoms with Crippen molar-refractivity contribution >= 4 is 28.3 Å². The van der Waals surface area contributed by atoms with Gasteiger partial charge in [0.25, 0.3) is 5.91 Å². The maximum Gasteiger partial charge on any atom is 0.573 e. The highest BCUT2D eigenvalue weighted by Crippen LogP contribution is 2.45. The number of β-amino-alcohol motifs (C(OH)–C–C–N with tert-alkyl or cyclic N) is 1. The minimum absolute atomic E-state index is 0.0536. The molecule has 0 spiro atoms. The molecule has 3 saturated carbocycles. The highest BCUT2D eigenvalue weighted by Gasteiger charge is 2.62. The Morgan fingerprint density at radius 1 is 1.12 bits per heavy atom. The summed E-state index contributed by atoms with van der Waals surface area (Å²) >= 11 is 1.14. The number of halogens is 6. The van der Waals surface area contributed by atoms with Gasteiger partial charge in [-0.3, -0.25) is 4.79 Å². The van der Waals surface area contributed by atoms with Gasteiger partial charge in [0.15, 0.2) is 28.3 Å². The molecular weight excluding hydrogens is 576 g/mol. The number of fused-ring (bicyclic) bond motifs is 5. The molecule has 7 rings (SSSR count). The van der Waals surface area contributed by atoms with Crippen molar-refractivity contribution in [2.75, 3.05) is 13.1 Å². The summed E-state index contributed by atoms with van der Waals surface area (Å²) < 4.78 is 90.5. The van der Waals surface area contributed by atoms with Gasteiger partial charge in [-0.1, -0.05) is 25.7 Å². The summed E-state index contributed by atoms with van der Waals surface area (Å²) in [5.41, 5.74) is -4.03. The Labute approximate surface area is 234 Å². The van der Waals surface area contributed by atoms with E-state index in [1.807, 2.05) is 0 Å². The minimum atomic E-state index is -5.23. The summed E-state index contributed by atoms with van der Waals surface area (Å²) in [6, 6.07) is 1.08. The maximum absolute atomic E-state index is 13.6. The van der Waals surface area contributed by atoms with E-state index in [2.05, 4.69) is 14.7 Å². The summed E-state index contributed by atoms with van der Waals surface area (Å²) in [4.78, 5) is 22.4. The van der Waals surface area contributed by atoms with Gasteiger partial charge in [0.05, 0.1) is 24.2 Å². The molecule has 3 heterocycles. The molecule has 0 radical (unpaired) electrons. The largest absolute Gasteiger partial charge is 0.573 e. The van der Waals surface area contributed by atoms with E-state index in [0.717, 1.165) is 36.7 Å². The van der Waals surface area contributed by atoms with E-state index in [9.17, 15) is 36.2 Å². The lowest BCUT2D eigenvalue weighted by Gasteiger charge is -2.46. The number of benzene rings is 1. The molecule has 14 heteroatoms. The third-order valence-electron chi connectivity index (χ3n) is 8.56. The number of nitrogens with zero attached hydrogens (tertiary/aromatic N) is 3. The highest BCUT2D eigenvalue weighted by atomic mass is 32.1. The number of hydrogen-bond donors (Lipinski definition) is 1. The molecule has 4 aliphatic rings. The van der Waals surface area contributed by atoms with Gasteiger partial charge in [0.2, 0.25) is 0 Å². The Bertz CT molecular complexity index is 1410. The van der Waals surface area contributed by atoms with Crippen molar-refractivity contribution in [3.63, 3.8) is 0 Å². The van der Waals surface area contributed by atoms with Gasteiger partial charge in [-0.2, -0.15) is 13.2 Å². The Balaban J connectivity index is 1.37. The molecule has 222 valence electrons. The number of amides is 1. The summed E-state index contributed by atoms with van der Waals surface area (Å²) in [7, 11) is 0. The van der Waals surface area contributed by atoms with Crippen molar-refractivity contribution in [1.29, 1.82) is 0 Å². The standard InChI is InChI=1S/C27H27F6N3O4S/c28-26(29,30)25(38)12-36(13-25)24(37)18-11-17(23-34-7-8-41-23)21-20(22(18)40-27(31,32)33)35-19(39-21)6-5-16-9-14-1-2-15(10-16)4-3-14/h7-8,11,14-16,38H,1-6,9-10,12-13H2. The van der Waals surface area contributed by atoms with Gasteiger partial charge in [0.1, 0.15) is 5.01 Å². The van der Waals surface area contributed by atoms with Crippen LogP contribution in [-0.2, 0) is 6.42 Å². The van der Waals surface area contributed by atoms with Gasteiger partial charge < -0.3 is 19.2 Å². The van der Waals surface area contributed by atoms with Crippen LogP contribution in [0.25, 0.3) is 21.7 Å². The van der Waals surface area contributed by atoms with Gasteiger partial charge >= 0.3 is 12.5 Å². The van der Waals surface area contributed by atoms with Crippen LogP contribution in [0.15, 0.2) is 22.1 Å². The molecule has 1 saturated heterocycles. The Hall–Kier alpha value is -2.87. The molecule has 2 bridgehead atoms. The van der Waals surface area contributed by atoms with Crippen molar-refractivity contribution < 1.29 is 45.4 Å². The first-order chi connectivity index (χ1) is 19.3. The van der Waals surface area contributed by atoms with Gasteiger partial charge in [-0.05, 0) is 43.1 Å². The molecular formula is C27H27F6N3O4S. The maximum atomic E-state index is 13.6. The van der Waals surface area contributed by atoms with Crippen LogP contribution in [0.4, 0.5) is 26.3 Å². The first-order valence-corrected chi connectivity index (χ1v) is 14.4. The zero-order valence-corrected chi connectivity index (χ0v) is 22.5. The van der Waals surface area contributed by atoms with Crippen LogP contribution >= 0.6 is 11.3 Å². The van der Waals surface area contributed by atoms with E-state index < -0.39 is 48.4 Å². The quantitative estimate of drug-likeness (QED) is 0.314. The molecule has 41 heavy (non-hydrogen) atoms. The number of carbonyl (C=O) groups excluding carboxylic acids is 1.